The van der Waals surface area contributed by atoms with Gasteiger partial charge in [-0.25, -0.2) is 4.68 Å². The van der Waals surface area contributed by atoms with Crippen molar-refractivity contribution in [3.63, 3.8) is 0 Å². The standard InChI is InChI=1S/C21H22N4O5/c1-13-5-7-16(8-6-13)24-15(3)21(14(2)23-24)22-20(26)12-30-19-10-9-17(29-4)11-18(19)25(27)28/h5-11H,12H2,1-4H3,(H,22,26). The van der Waals surface area contributed by atoms with E-state index < -0.39 is 10.8 Å². The molecule has 9 heteroatoms. The topological polar surface area (TPSA) is 109 Å². The zero-order valence-electron chi connectivity index (χ0n) is 17.1. The number of carbonyl (C=O) groups excluding carboxylic acids is 1. The van der Waals surface area contributed by atoms with Crippen molar-refractivity contribution in [1.29, 1.82) is 0 Å². The van der Waals surface area contributed by atoms with Crippen molar-refractivity contribution < 1.29 is 19.2 Å². The molecule has 1 N–H and O–H groups in total. The highest BCUT2D eigenvalue weighted by atomic mass is 16.6. The van der Waals surface area contributed by atoms with Crippen molar-refractivity contribution in [2.45, 2.75) is 20.8 Å². The first-order valence-corrected chi connectivity index (χ1v) is 9.18. The van der Waals surface area contributed by atoms with Crippen molar-refractivity contribution in [3.05, 3.63) is 69.5 Å². The maximum Gasteiger partial charge on any atom is 0.314 e. The molecule has 0 aliphatic heterocycles. The van der Waals surface area contributed by atoms with Gasteiger partial charge in [0.1, 0.15) is 5.75 Å². The number of nitro benzene ring substituents is 1. The van der Waals surface area contributed by atoms with Crippen LogP contribution in [-0.4, -0.2) is 34.3 Å². The largest absolute Gasteiger partial charge is 0.496 e. The lowest BCUT2D eigenvalue weighted by Gasteiger charge is -2.09. The van der Waals surface area contributed by atoms with Crippen LogP contribution in [-0.2, 0) is 4.79 Å². The summed E-state index contributed by atoms with van der Waals surface area (Å²) in [6.45, 7) is 5.26. The van der Waals surface area contributed by atoms with E-state index in [0.717, 1.165) is 16.9 Å². The Balaban J connectivity index is 1.73. The number of aromatic nitrogens is 2. The lowest BCUT2D eigenvalue weighted by Crippen LogP contribution is -2.21. The van der Waals surface area contributed by atoms with Crippen LogP contribution in [0.3, 0.4) is 0 Å². The summed E-state index contributed by atoms with van der Waals surface area (Å²) < 4.78 is 12.1. The van der Waals surface area contributed by atoms with Gasteiger partial charge in [-0.15, -0.1) is 0 Å². The number of hydrogen-bond donors (Lipinski definition) is 1. The second-order valence-corrected chi connectivity index (χ2v) is 6.72. The minimum absolute atomic E-state index is 0.0141. The molecule has 1 amide bonds. The Morgan fingerprint density at radius 2 is 1.87 bits per heavy atom. The normalized spacial score (nSPS) is 10.5. The number of carbonyl (C=O) groups is 1. The summed E-state index contributed by atoms with van der Waals surface area (Å²) in [5.74, 6) is -0.136. The molecule has 156 valence electrons. The number of anilines is 1. The van der Waals surface area contributed by atoms with E-state index in [0.29, 0.717) is 17.1 Å². The molecule has 1 aromatic heterocycles. The molecule has 3 aromatic rings. The number of ether oxygens (including phenoxy) is 2. The average Bonchev–Trinajstić information content (AvgIpc) is 3.00. The fourth-order valence-electron chi connectivity index (χ4n) is 2.97. The third-order valence-corrected chi connectivity index (χ3v) is 4.56. The SMILES string of the molecule is COc1ccc(OCC(=O)Nc2c(C)nn(-c3ccc(C)cc3)c2C)c([N+](=O)[O-])c1. The van der Waals surface area contributed by atoms with Crippen LogP contribution in [0, 0.1) is 30.9 Å². The Labute approximate surface area is 173 Å². The number of amides is 1. The fraction of sp³-hybridized carbons (Fsp3) is 0.238. The quantitative estimate of drug-likeness (QED) is 0.470. The van der Waals surface area contributed by atoms with Gasteiger partial charge < -0.3 is 14.8 Å². The summed E-state index contributed by atoms with van der Waals surface area (Å²) in [6, 6.07) is 12.0. The molecule has 3 rings (SSSR count). The van der Waals surface area contributed by atoms with E-state index in [9.17, 15) is 14.9 Å². The van der Waals surface area contributed by atoms with Crippen LogP contribution in [0.1, 0.15) is 17.0 Å². The highest BCUT2D eigenvalue weighted by Gasteiger charge is 2.19. The molecular formula is C21H22N4O5. The van der Waals surface area contributed by atoms with E-state index in [1.54, 1.807) is 11.6 Å². The Hall–Kier alpha value is -3.88. The predicted octanol–water partition coefficient (Wildman–Crippen LogP) is 3.73. The van der Waals surface area contributed by atoms with Crippen molar-refractivity contribution in [3.8, 4) is 17.2 Å². The monoisotopic (exact) mass is 410 g/mol. The van der Waals surface area contributed by atoms with Gasteiger partial charge in [0.25, 0.3) is 5.91 Å². The third kappa shape index (κ3) is 4.40. The van der Waals surface area contributed by atoms with Crippen molar-refractivity contribution in [2.75, 3.05) is 19.0 Å². The molecule has 0 aliphatic carbocycles. The number of aryl methyl sites for hydroxylation is 2. The van der Waals surface area contributed by atoms with Crippen molar-refractivity contribution >= 4 is 17.3 Å². The van der Waals surface area contributed by atoms with E-state index in [2.05, 4.69) is 10.4 Å². The third-order valence-electron chi connectivity index (χ3n) is 4.56. The summed E-state index contributed by atoms with van der Waals surface area (Å²) in [4.78, 5) is 23.1. The minimum Gasteiger partial charge on any atom is -0.496 e. The number of methoxy groups -OCH3 is 1. The maximum absolute atomic E-state index is 12.4. The molecule has 0 radical (unpaired) electrons. The van der Waals surface area contributed by atoms with E-state index in [1.807, 2.05) is 38.1 Å². The fourth-order valence-corrected chi connectivity index (χ4v) is 2.97. The van der Waals surface area contributed by atoms with Gasteiger partial charge in [0.2, 0.25) is 0 Å². The molecule has 9 nitrogen and oxygen atoms in total. The van der Waals surface area contributed by atoms with E-state index in [1.165, 1.54) is 25.3 Å². The Morgan fingerprint density at radius 3 is 2.50 bits per heavy atom. The number of nitrogens with zero attached hydrogens (tertiary/aromatic N) is 3. The van der Waals surface area contributed by atoms with Gasteiger partial charge >= 0.3 is 5.69 Å². The van der Waals surface area contributed by atoms with Gasteiger partial charge in [0, 0.05) is 0 Å². The molecule has 0 atom stereocenters. The van der Waals surface area contributed by atoms with Crippen LogP contribution in [0.25, 0.3) is 5.69 Å². The zero-order valence-corrected chi connectivity index (χ0v) is 17.1. The van der Waals surface area contributed by atoms with Gasteiger partial charge in [-0.05, 0) is 45.0 Å². The Kier molecular flexibility index (Phi) is 6.01. The minimum atomic E-state index is -0.588. The average molecular weight is 410 g/mol. The smallest absolute Gasteiger partial charge is 0.314 e. The van der Waals surface area contributed by atoms with Crippen molar-refractivity contribution in [1.82, 2.24) is 9.78 Å². The Morgan fingerprint density at radius 1 is 1.17 bits per heavy atom. The molecule has 0 aliphatic rings. The zero-order chi connectivity index (χ0) is 21.8. The summed E-state index contributed by atoms with van der Waals surface area (Å²) in [5.41, 5.74) is 3.73. The first-order valence-electron chi connectivity index (χ1n) is 9.18. The van der Waals surface area contributed by atoms with E-state index in [-0.39, 0.29) is 18.0 Å². The molecule has 2 aromatic carbocycles. The molecule has 0 bridgehead atoms. The second kappa shape index (κ2) is 8.64. The van der Waals surface area contributed by atoms with Gasteiger partial charge in [0.15, 0.2) is 12.4 Å². The van der Waals surface area contributed by atoms with Crippen LogP contribution in [0.15, 0.2) is 42.5 Å². The molecule has 0 unspecified atom stereocenters. The number of benzene rings is 2. The van der Waals surface area contributed by atoms with Gasteiger partial charge in [-0.3, -0.25) is 14.9 Å². The van der Waals surface area contributed by atoms with Gasteiger partial charge in [0.05, 0.1) is 40.9 Å². The first-order chi connectivity index (χ1) is 14.3. The molecular weight excluding hydrogens is 388 g/mol. The highest BCUT2D eigenvalue weighted by molar-refractivity contribution is 5.93. The Bertz CT molecular complexity index is 1090. The highest BCUT2D eigenvalue weighted by Crippen LogP contribution is 2.31. The van der Waals surface area contributed by atoms with E-state index >= 15 is 0 Å². The molecule has 1 heterocycles. The summed E-state index contributed by atoms with van der Waals surface area (Å²) >= 11 is 0. The van der Waals surface area contributed by atoms with E-state index in [4.69, 9.17) is 9.47 Å². The first kappa shape index (κ1) is 20.8. The summed E-state index contributed by atoms with van der Waals surface area (Å²) in [5, 5.41) is 18.5. The molecule has 0 spiro atoms. The van der Waals surface area contributed by atoms with Crippen LogP contribution < -0.4 is 14.8 Å². The molecule has 0 fully saturated rings. The lowest BCUT2D eigenvalue weighted by molar-refractivity contribution is -0.385. The number of rotatable bonds is 7. The lowest BCUT2D eigenvalue weighted by atomic mass is 10.2. The maximum atomic E-state index is 12.4. The second-order valence-electron chi connectivity index (χ2n) is 6.72. The number of nitro groups is 1. The summed E-state index contributed by atoms with van der Waals surface area (Å²) in [7, 11) is 1.41. The predicted molar refractivity (Wildman–Crippen MR) is 112 cm³/mol. The van der Waals surface area contributed by atoms with Crippen LogP contribution in [0.5, 0.6) is 11.5 Å². The molecule has 30 heavy (non-hydrogen) atoms. The van der Waals surface area contributed by atoms with Crippen LogP contribution in [0.2, 0.25) is 0 Å². The van der Waals surface area contributed by atoms with Crippen LogP contribution in [0.4, 0.5) is 11.4 Å². The van der Waals surface area contributed by atoms with Gasteiger partial charge in [-0.2, -0.15) is 5.10 Å². The van der Waals surface area contributed by atoms with Gasteiger partial charge in [-0.1, -0.05) is 17.7 Å². The molecule has 0 saturated heterocycles. The van der Waals surface area contributed by atoms with Crippen molar-refractivity contribution in [2.24, 2.45) is 0 Å². The number of nitrogens with one attached hydrogen (secondary N) is 1. The molecule has 0 saturated carbocycles. The summed E-state index contributed by atoms with van der Waals surface area (Å²) in [6.07, 6.45) is 0. The number of hydrogen-bond acceptors (Lipinski definition) is 6. The van der Waals surface area contributed by atoms with Crippen LogP contribution >= 0.6 is 0 Å².